The van der Waals surface area contributed by atoms with Crippen LogP contribution in [0.4, 0.5) is 0 Å². The molecule has 0 bridgehead atoms. The van der Waals surface area contributed by atoms with Gasteiger partial charge in [-0.25, -0.2) is 0 Å². The van der Waals surface area contributed by atoms with Crippen molar-refractivity contribution in [2.24, 2.45) is 0 Å². The maximum absolute atomic E-state index is 11.3. The van der Waals surface area contributed by atoms with Gasteiger partial charge in [0.25, 0.3) is 5.91 Å². The van der Waals surface area contributed by atoms with Crippen LogP contribution in [0, 0.1) is 6.92 Å². The van der Waals surface area contributed by atoms with E-state index >= 15 is 0 Å². The van der Waals surface area contributed by atoms with E-state index in [4.69, 9.17) is 4.74 Å². The smallest absolute Gasteiger partial charge is 0.258 e. The fraction of sp³-hybridized carbons (Fsp3) is 0.417. The number of hydrogen-bond acceptors (Lipinski definition) is 2. The number of ether oxygens (including phenoxy) is 1. The predicted octanol–water partition coefficient (Wildman–Crippen LogP) is 1.90. The SMILES string of the molecule is Cc1cccc(OCC(=O)NC(C)C)c1. The zero-order valence-corrected chi connectivity index (χ0v) is 9.41. The molecule has 0 atom stereocenters. The monoisotopic (exact) mass is 207 g/mol. The lowest BCUT2D eigenvalue weighted by Gasteiger charge is -2.09. The average Bonchev–Trinajstić information content (AvgIpc) is 2.14. The molecule has 0 saturated heterocycles. The third-order valence-electron chi connectivity index (χ3n) is 1.81. The summed E-state index contributed by atoms with van der Waals surface area (Å²) in [6.07, 6.45) is 0. The molecule has 0 aliphatic rings. The van der Waals surface area contributed by atoms with Gasteiger partial charge in [0, 0.05) is 6.04 Å². The molecule has 0 radical (unpaired) electrons. The molecule has 0 aliphatic carbocycles. The molecule has 0 spiro atoms. The van der Waals surface area contributed by atoms with Crippen LogP contribution in [-0.4, -0.2) is 18.6 Å². The number of amides is 1. The van der Waals surface area contributed by atoms with Crippen molar-refractivity contribution in [1.82, 2.24) is 5.32 Å². The van der Waals surface area contributed by atoms with Crippen LogP contribution in [0.5, 0.6) is 5.75 Å². The Hall–Kier alpha value is -1.51. The minimum Gasteiger partial charge on any atom is -0.484 e. The molecule has 0 heterocycles. The Morgan fingerprint density at radius 1 is 1.47 bits per heavy atom. The van der Waals surface area contributed by atoms with Gasteiger partial charge in [-0.1, -0.05) is 12.1 Å². The van der Waals surface area contributed by atoms with Gasteiger partial charge in [0.1, 0.15) is 5.75 Å². The van der Waals surface area contributed by atoms with Gasteiger partial charge in [0.05, 0.1) is 0 Å². The van der Waals surface area contributed by atoms with E-state index in [-0.39, 0.29) is 18.6 Å². The molecule has 82 valence electrons. The van der Waals surface area contributed by atoms with Gasteiger partial charge < -0.3 is 10.1 Å². The van der Waals surface area contributed by atoms with E-state index in [1.807, 2.05) is 45.0 Å². The highest BCUT2D eigenvalue weighted by atomic mass is 16.5. The highest BCUT2D eigenvalue weighted by molar-refractivity contribution is 5.77. The third-order valence-corrected chi connectivity index (χ3v) is 1.81. The second-order valence-electron chi connectivity index (χ2n) is 3.83. The van der Waals surface area contributed by atoms with Crippen LogP contribution in [0.3, 0.4) is 0 Å². The van der Waals surface area contributed by atoms with Crippen molar-refractivity contribution in [2.75, 3.05) is 6.61 Å². The Kier molecular flexibility index (Phi) is 4.16. The normalized spacial score (nSPS) is 10.1. The summed E-state index contributed by atoms with van der Waals surface area (Å²) in [6.45, 7) is 5.90. The lowest BCUT2D eigenvalue weighted by atomic mass is 10.2. The molecule has 0 aliphatic heterocycles. The average molecular weight is 207 g/mol. The Bertz CT molecular complexity index is 334. The summed E-state index contributed by atoms with van der Waals surface area (Å²) in [5.74, 6) is 0.639. The van der Waals surface area contributed by atoms with Crippen molar-refractivity contribution in [2.45, 2.75) is 26.8 Å². The fourth-order valence-electron chi connectivity index (χ4n) is 1.22. The topological polar surface area (TPSA) is 38.3 Å². The maximum Gasteiger partial charge on any atom is 0.258 e. The largest absolute Gasteiger partial charge is 0.484 e. The van der Waals surface area contributed by atoms with Gasteiger partial charge in [0.2, 0.25) is 0 Å². The van der Waals surface area contributed by atoms with Crippen LogP contribution < -0.4 is 10.1 Å². The molecule has 3 heteroatoms. The molecule has 1 N–H and O–H groups in total. The van der Waals surface area contributed by atoms with Crippen LogP contribution >= 0.6 is 0 Å². The molecule has 1 amide bonds. The Labute approximate surface area is 90.4 Å². The highest BCUT2D eigenvalue weighted by Crippen LogP contribution is 2.11. The van der Waals surface area contributed by atoms with Gasteiger partial charge >= 0.3 is 0 Å². The number of carbonyl (C=O) groups excluding carboxylic acids is 1. The summed E-state index contributed by atoms with van der Waals surface area (Å²) in [7, 11) is 0. The quantitative estimate of drug-likeness (QED) is 0.819. The predicted molar refractivity (Wildman–Crippen MR) is 60.0 cm³/mol. The number of rotatable bonds is 4. The lowest BCUT2D eigenvalue weighted by Crippen LogP contribution is -2.34. The highest BCUT2D eigenvalue weighted by Gasteiger charge is 2.03. The molecule has 0 fully saturated rings. The van der Waals surface area contributed by atoms with Crippen LogP contribution in [0.1, 0.15) is 19.4 Å². The van der Waals surface area contributed by atoms with Crippen molar-refractivity contribution in [3.05, 3.63) is 29.8 Å². The van der Waals surface area contributed by atoms with E-state index in [2.05, 4.69) is 5.32 Å². The summed E-state index contributed by atoms with van der Waals surface area (Å²) in [4.78, 5) is 11.3. The Morgan fingerprint density at radius 3 is 2.80 bits per heavy atom. The number of aryl methyl sites for hydroxylation is 1. The molecule has 1 aromatic rings. The van der Waals surface area contributed by atoms with Crippen LogP contribution in [0.25, 0.3) is 0 Å². The molecular weight excluding hydrogens is 190 g/mol. The number of carbonyl (C=O) groups is 1. The van der Waals surface area contributed by atoms with E-state index in [0.29, 0.717) is 0 Å². The van der Waals surface area contributed by atoms with Crippen LogP contribution in [0.2, 0.25) is 0 Å². The summed E-state index contributed by atoms with van der Waals surface area (Å²) in [5.41, 5.74) is 1.12. The molecular formula is C12H17NO2. The minimum atomic E-state index is -0.0912. The molecule has 1 rings (SSSR count). The molecule has 1 aromatic carbocycles. The van der Waals surface area contributed by atoms with E-state index in [9.17, 15) is 4.79 Å². The summed E-state index contributed by atoms with van der Waals surface area (Å²) in [6, 6.07) is 7.79. The fourth-order valence-corrected chi connectivity index (χ4v) is 1.22. The molecule has 0 saturated carbocycles. The van der Waals surface area contributed by atoms with E-state index in [1.165, 1.54) is 0 Å². The maximum atomic E-state index is 11.3. The van der Waals surface area contributed by atoms with Gasteiger partial charge in [0.15, 0.2) is 6.61 Å². The van der Waals surface area contributed by atoms with Gasteiger partial charge in [-0.15, -0.1) is 0 Å². The van der Waals surface area contributed by atoms with Crippen molar-refractivity contribution >= 4 is 5.91 Å². The van der Waals surface area contributed by atoms with Gasteiger partial charge in [-0.2, -0.15) is 0 Å². The number of nitrogens with one attached hydrogen (secondary N) is 1. The molecule has 0 unspecified atom stereocenters. The molecule has 3 nitrogen and oxygen atoms in total. The standard InChI is InChI=1S/C12H17NO2/c1-9(2)13-12(14)8-15-11-6-4-5-10(3)7-11/h4-7,9H,8H2,1-3H3,(H,13,14). The zero-order chi connectivity index (χ0) is 11.3. The van der Waals surface area contributed by atoms with Crippen molar-refractivity contribution in [1.29, 1.82) is 0 Å². The Balaban J connectivity index is 2.40. The first kappa shape index (κ1) is 11.6. The van der Waals surface area contributed by atoms with Crippen LogP contribution in [0.15, 0.2) is 24.3 Å². The number of benzene rings is 1. The molecule has 15 heavy (non-hydrogen) atoms. The van der Waals surface area contributed by atoms with E-state index in [0.717, 1.165) is 11.3 Å². The first-order chi connectivity index (χ1) is 7.08. The van der Waals surface area contributed by atoms with Crippen molar-refractivity contribution in [3.63, 3.8) is 0 Å². The minimum absolute atomic E-state index is 0.0711. The van der Waals surface area contributed by atoms with Crippen LogP contribution in [-0.2, 0) is 4.79 Å². The van der Waals surface area contributed by atoms with Gasteiger partial charge in [-0.05, 0) is 38.5 Å². The van der Waals surface area contributed by atoms with E-state index < -0.39 is 0 Å². The van der Waals surface area contributed by atoms with Crippen molar-refractivity contribution in [3.8, 4) is 5.75 Å². The lowest BCUT2D eigenvalue weighted by molar-refractivity contribution is -0.123. The van der Waals surface area contributed by atoms with E-state index in [1.54, 1.807) is 0 Å². The summed E-state index contributed by atoms with van der Waals surface area (Å²) >= 11 is 0. The number of hydrogen-bond donors (Lipinski definition) is 1. The first-order valence-corrected chi connectivity index (χ1v) is 5.07. The zero-order valence-electron chi connectivity index (χ0n) is 9.41. The Morgan fingerprint density at radius 2 is 2.20 bits per heavy atom. The first-order valence-electron chi connectivity index (χ1n) is 5.07. The third kappa shape index (κ3) is 4.49. The summed E-state index contributed by atoms with van der Waals surface area (Å²) in [5, 5.41) is 2.76. The van der Waals surface area contributed by atoms with Gasteiger partial charge in [-0.3, -0.25) is 4.79 Å². The summed E-state index contributed by atoms with van der Waals surface area (Å²) < 4.78 is 5.34. The molecule has 0 aromatic heterocycles. The second-order valence-corrected chi connectivity index (χ2v) is 3.83. The van der Waals surface area contributed by atoms with Crippen molar-refractivity contribution < 1.29 is 9.53 Å². The second kappa shape index (κ2) is 5.39.